The van der Waals surface area contributed by atoms with Crippen LogP contribution in [0.5, 0.6) is 0 Å². The van der Waals surface area contributed by atoms with Crippen molar-refractivity contribution in [2.75, 3.05) is 6.54 Å². The molecule has 0 saturated heterocycles. The molecule has 8 heteroatoms. The Hall–Kier alpha value is -2.77. The molecule has 8 aliphatic rings. The Balaban J connectivity index is 0.787. The second-order valence-electron chi connectivity index (χ2n) is 20.6. The lowest BCUT2D eigenvalue weighted by molar-refractivity contribution is -0.164. The Morgan fingerprint density at radius 1 is 0.618 bits per heavy atom. The number of carbonyl (C=O) groups is 5. The molecule has 302 valence electrons. The zero-order valence-corrected chi connectivity index (χ0v) is 34.4. The van der Waals surface area contributed by atoms with Gasteiger partial charge in [-0.1, -0.05) is 52.7 Å². The maximum absolute atomic E-state index is 13.2. The number of amides is 1. The van der Waals surface area contributed by atoms with E-state index in [2.05, 4.69) is 46.9 Å². The molecule has 8 rings (SSSR count). The molecule has 8 nitrogen and oxygen atoms in total. The van der Waals surface area contributed by atoms with Crippen LogP contribution in [0.2, 0.25) is 0 Å². The summed E-state index contributed by atoms with van der Waals surface area (Å²) in [6, 6.07) is 0. The smallest absolute Gasteiger partial charge is 0.307 e. The average molecular weight is 758 g/mol. The summed E-state index contributed by atoms with van der Waals surface area (Å²) in [5, 5.41) is 2.85. The minimum atomic E-state index is -0.312. The average Bonchev–Trinajstić information content (AvgIpc) is 3.61. The van der Waals surface area contributed by atoms with Crippen molar-refractivity contribution >= 4 is 29.4 Å². The lowest BCUT2D eigenvalue weighted by Crippen LogP contribution is -2.54. The Labute approximate surface area is 329 Å². The molecular weight excluding hydrogens is 691 g/mol. The predicted octanol–water partition coefficient (Wildman–Crippen LogP) is 8.36. The minimum absolute atomic E-state index is 0.0326. The van der Waals surface area contributed by atoms with Crippen LogP contribution in [0.1, 0.15) is 138 Å². The fourth-order valence-electron chi connectivity index (χ4n) is 15.6. The van der Waals surface area contributed by atoms with Crippen LogP contribution in [0.15, 0.2) is 23.3 Å². The first-order valence-electron chi connectivity index (χ1n) is 22.3. The van der Waals surface area contributed by atoms with E-state index in [1.54, 1.807) is 0 Å². The highest BCUT2D eigenvalue weighted by molar-refractivity contribution is 5.92. The normalized spacial score (nSPS) is 45.7. The lowest BCUT2D eigenvalue weighted by atomic mass is 9.47. The van der Waals surface area contributed by atoms with Crippen molar-refractivity contribution in [3.63, 3.8) is 0 Å². The number of esters is 2. The monoisotopic (exact) mass is 757 g/mol. The Morgan fingerprint density at radius 3 is 1.55 bits per heavy atom. The topological polar surface area (TPSA) is 116 Å². The zero-order valence-electron chi connectivity index (χ0n) is 34.4. The van der Waals surface area contributed by atoms with Crippen LogP contribution in [0, 0.1) is 81.8 Å². The number of allylic oxidation sites excluding steroid dienone is 2. The SMILES string of the molecule is CC1CC2(C)C(OC(=O)CCNC(=O)CCC(=O)OC3CCC4C5C(C)CC6=CC(=O)CCC6C5C(C)CC34C)CCC2C2C(C)CC3=CC(=O)CCC3C12. The molecule has 0 aromatic carbocycles. The van der Waals surface area contributed by atoms with E-state index in [9.17, 15) is 24.0 Å². The predicted molar refractivity (Wildman–Crippen MR) is 209 cm³/mol. The quantitative estimate of drug-likeness (QED) is 0.248. The third-order valence-electron chi connectivity index (χ3n) is 17.5. The summed E-state index contributed by atoms with van der Waals surface area (Å²) in [6.07, 6.45) is 15.2. The zero-order chi connectivity index (χ0) is 39.0. The number of hydrogen-bond donors (Lipinski definition) is 1. The number of hydrogen-bond acceptors (Lipinski definition) is 7. The van der Waals surface area contributed by atoms with Gasteiger partial charge in [0.1, 0.15) is 12.2 Å². The molecule has 6 saturated carbocycles. The highest BCUT2D eigenvalue weighted by atomic mass is 16.5. The summed E-state index contributed by atoms with van der Waals surface area (Å²) in [6.45, 7) is 14.4. The lowest BCUT2D eigenvalue weighted by Gasteiger charge is -2.58. The van der Waals surface area contributed by atoms with Gasteiger partial charge in [0.25, 0.3) is 0 Å². The van der Waals surface area contributed by atoms with Gasteiger partial charge in [0.2, 0.25) is 5.91 Å². The minimum Gasteiger partial charge on any atom is -0.462 e. The van der Waals surface area contributed by atoms with Gasteiger partial charge in [0.15, 0.2) is 11.6 Å². The van der Waals surface area contributed by atoms with Crippen LogP contribution in [-0.4, -0.2) is 48.2 Å². The van der Waals surface area contributed by atoms with Crippen molar-refractivity contribution in [3.05, 3.63) is 23.3 Å². The van der Waals surface area contributed by atoms with Gasteiger partial charge in [-0.2, -0.15) is 0 Å². The van der Waals surface area contributed by atoms with Crippen LogP contribution < -0.4 is 5.32 Å². The summed E-state index contributed by atoms with van der Waals surface area (Å²) in [7, 11) is 0. The molecule has 16 atom stereocenters. The molecule has 6 fully saturated rings. The Morgan fingerprint density at radius 2 is 1.07 bits per heavy atom. The molecule has 55 heavy (non-hydrogen) atoms. The van der Waals surface area contributed by atoms with Crippen molar-refractivity contribution in [1.29, 1.82) is 0 Å². The molecule has 0 aromatic rings. The van der Waals surface area contributed by atoms with Gasteiger partial charge < -0.3 is 14.8 Å². The molecule has 1 amide bonds. The standard InChI is InChI=1S/C47H67NO7/c1-25-19-29-21-31(49)7-9-33(29)42-27(3)23-46(5)35(44(25)42)11-13-37(46)54-40(52)16-15-39(51)48-18-17-41(53)55-38-14-12-36-45-26(2)20-30-22-32(50)8-10-34(30)43(45)28(4)24-47(36,38)6/h21-22,25-28,33-38,42-45H,7-20,23-24H2,1-6H3,(H,48,51). The number of nitrogens with one attached hydrogen (secondary N) is 1. The maximum Gasteiger partial charge on any atom is 0.307 e. The molecule has 0 aromatic heterocycles. The van der Waals surface area contributed by atoms with Crippen LogP contribution in [0.25, 0.3) is 0 Å². The summed E-state index contributed by atoms with van der Waals surface area (Å²) >= 11 is 0. The van der Waals surface area contributed by atoms with Crippen molar-refractivity contribution in [2.45, 2.75) is 150 Å². The van der Waals surface area contributed by atoms with Gasteiger partial charge in [0.05, 0.1) is 12.8 Å². The first-order chi connectivity index (χ1) is 26.2. The third-order valence-corrected chi connectivity index (χ3v) is 17.5. The largest absolute Gasteiger partial charge is 0.462 e. The Bertz CT molecular complexity index is 1650. The number of ether oxygens (including phenoxy) is 2. The van der Waals surface area contributed by atoms with E-state index in [4.69, 9.17) is 9.47 Å². The first-order valence-corrected chi connectivity index (χ1v) is 22.3. The molecular formula is C47H67NO7. The van der Waals surface area contributed by atoms with Gasteiger partial charge in [0, 0.05) is 36.6 Å². The van der Waals surface area contributed by atoms with Crippen LogP contribution >= 0.6 is 0 Å². The van der Waals surface area contributed by atoms with E-state index in [1.165, 1.54) is 11.1 Å². The second kappa shape index (κ2) is 14.9. The fourth-order valence-corrected chi connectivity index (χ4v) is 15.6. The molecule has 0 radical (unpaired) electrons. The van der Waals surface area contributed by atoms with Crippen molar-refractivity contribution in [1.82, 2.24) is 5.32 Å². The molecule has 0 bridgehead atoms. The molecule has 16 unspecified atom stereocenters. The number of ketones is 2. The molecule has 0 spiro atoms. The van der Waals surface area contributed by atoms with E-state index >= 15 is 0 Å². The van der Waals surface area contributed by atoms with Crippen LogP contribution in [0.4, 0.5) is 0 Å². The molecule has 8 aliphatic carbocycles. The van der Waals surface area contributed by atoms with Crippen molar-refractivity contribution in [2.24, 2.45) is 81.8 Å². The first kappa shape index (κ1) is 39.1. The highest BCUT2D eigenvalue weighted by Crippen LogP contribution is 2.67. The second-order valence-corrected chi connectivity index (χ2v) is 20.6. The van der Waals surface area contributed by atoms with Gasteiger partial charge in [-0.3, -0.25) is 24.0 Å². The third kappa shape index (κ3) is 6.89. The van der Waals surface area contributed by atoms with Crippen LogP contribution in [-0.2, 0) is 33.4 Å². The van der Waals surface area contributed by atoms with Crippen molar-refractivity contribution in [3.8, 4) is 0 Å². The van der Waals surface area contributed by atoms with E-state index < -0.39 is 0 Å². The number of rotatable bonds is 8. The fraction of sp³-hybridized carbons (Fsp3) is 0.809. The van der Waals surface area contributed by atoms with E-state index in [0.717, 1.165) is 64.2 Å². The summed E-state index contributed by atoms with van der Waals surface area (Å²) in [4.78, 5) is 63.6. The van der Waals surface area contributed by atoms with E-state index in [-0.39, 0.29) is 66.7 Å². The maximum atomic E-state index is 13.2. The van der Waals surface area contributed by atoms with Gasteiger partial charge in [-0.25, -0.2) is 0 Å². The van der Waals surface area contributed by atoms with Gasteiger partial charge in [-0.05, 0) is 147 Å². The van der Waals surface area contributed by atoms with Gasteiger partial charge in [-0.15, -0.1) is 0 Å². The van der Waals surface area contributed by atoms with Gasteiger partial charge >= 0.3 is 11.9 Å². The molecule has 0 aliphatic heterocycles. The molecule has 0 heterocycles. The Kier molecular flexibility index (Phi) is 10.6. The van der Waals surface area contributed by atoms with E-state index in [1.807, 2.05) is 12.2 Å². The van der Waals surface area contributed by atoms with Crippen molar-refractivity contribution < 1.29 is 33.4 Å². The highest BCUT2D eigenvalue weighted by Gasteiger charge is 2.62. The summed E-state index contributed by atoms with van der Waals surface area (Å²) < 4.78 is 12.4. The molecule has 1 N–H and O–H groups in total. The number of fused-ring (bicyclic) bond motifs is 10. The summed E-state index contributed by atoms with van der Waals surface area (Å²) in [5.74, 6) is 6.24. The number of carbonyl (C=O) groups excluding carboxylic acids is 5. The van der Waals surface area contributed by atoms with Crippen LogP contribution in [0.3, 0.4) is 0 Å². The van der Waals surface area contributed by atoms with E-state index in [0.29, 0.717) is 95.4 Å². The summed E-state index contributed by atoms with van der Waals surface area (Å²) in [5.41, 5.74) is 2.65.